The lowest BCUT2D eigenvalue weighted by molar-refractivity contribution is 0.0553. The normalized spacial score (nSPS) is 21.2. The highest BCUT2D eigenvalue weighted by Gasteiger charge is 2.45. The Morgan fingerprint density at radius 1 is 0.935 bits per heavy atom. The third-order valence-corrected chi connectivity index (χ3v) is 9.10. The Morgan fingerprint density at radius 2 is 1.65 bits per heavy atom. The zero-order chi connectivity index (χ0) is 32.9. The molecule has 0 saturated carbocycles. The largest absolute Gasteiger partial charge is 0.495 e. The summed E-state index contributed by atoms with van der Waals surface area (Å²) in [5.74, 6) is 3.41. The van der Waals surface area contributed by atoms with Gasteiger partial charge in [-0.15, -0.1) is 0 Å². The third-order valence-electron chi connectivity index (χ3n) is 9.10. The molecule has 1 N–H and O–H groups in total. The average molecular weight is 633 g/mol. The Kier molecular flexibility index (Phi) is 8.16. The summed E-state index contributed by atoms with van der Waals surface area (Å²) in [6.07, 6.45) is 2.09. The molecule has 3 atom stereocenters. The van der Waals surface area contributed by atoms with Crippen molar-refractivity contribution in [3.63, 3.8) is 0 Å². The molecule has 0 aliphatic carbocycles. The lowest BCUT2D eigenvalue weighted by Gasteiger charge is -2.37. The summed E-state index contributed by atoms with van der Waals surface area (Å²) in [5.41, 5.74) is 3.21. The quantitative estimate of drug-likeness (QED) is 0.344. The molecule has 3 aromatic rings. The van der Waals surface area contributed by atoms with Gasteiger partial charge in [0.05, 0.1) is 32.8 Å². The fraction of sp³-hybridized carbons (Fsp3) is 0.444. The van der Waals surface area contributed by atoms with Gasteiger partial charge in [0, 0.05) is 29.2 Å². The number of fused-ring (bicyclic) bond motifs is 7. The molecule has 0 amide bonds. The van der Waals surface area contributed by atoms with Gasteiger partial charge in [0.25, 0.3) is 0 Å². The molecule has 3 unspecified atom stereocenters. The average Bonchev–Trinajstić information content (AvgIpc) is 3.48. The van der Waals surface area contributed by atoms with Crippen molar-refractivity contribution >= 4 is 11.8 Å². The molecule has 4 aliphatic rings. The monoisotopic (exact) mass is 632 g/mol. The summed E-state index contributed by atoms with van der Waals surface area (Å²) in [6, 6.07) is 10.6. The van der Waals surface area contributed by atoms with Crippen LogP contribution in [0.5, 0.6) is 40.2 Å². The minimum Gasteiger partial charge on any atom is -0.495 e. The van der Waals surface area contributed by atoms with Crippen LogP contribution in [0.1, 0.15) is 77.4 Å². The molecule has 4 heterocycles. The molecule has 244 valence electrons. The Balaban J connectivity index is 0.000000187. The van der Waals surface area contributed by atoms with E-state index in [1.807, 2.05) is 32.0 Å². The number of Topliss-reactive ketones (excluding diaryl/α,β-unsaturated/α-hetero) is 1. The van der Waals surface area contributed by atoms with Gasteiger partial charge in [-0.1, -0.05) is 13.8 Å². The number of methoxy groups -OCH3 is 3. The van der Waals surface area contributed by atoms with E-state index in [2.05, 4.69) is 13.8 Å². The minimum absolute atomic E-state index is 0.0452. The second-order valence-corrected chi connectivity index (χ2v) is 12.9. The molecule has 4 aliphatic heterocycles. The first-order chi connectivity index (χ1) is 22.0. The fourth-order valence-electron chi connectivity index (χ4n) is 6.58. The maximum atomic E-state index is 13.5. The summed E-state index contributed by atoms with van der Waals surface area (Å²) in [7, 11) is 4.64. The van der Waals surface area contributed by atoms with Gasteiger partial charge in [-0.25, -0.2) is 4.79 Å². The number of carbonyl (C=O) groups excluding carboxylic acids is 1. The molecule has 10 heteroatoms. The smallest absolute Gasteiger partial charge is 0.339 e. The van der Waals surface area contributed by atoms with Crippen LogP contribution in [0, 0.1) is 5.92 Å². The second-order valence-electron chi connectivity index (χ2n) is 12.9. The summed E-state index contributed by atoms with van der Waals surface area (Å²) in [4.78, 5) is 24.6. The van der Waals surface area contributed by atoms with Crippen LogP contribution >= 0.6 is 0 Å². The molecule has 0 aromatic heterocycles. The van der Waals surface area contributed by atoms with Crippen molar-refractivity contribution in [3.8, 4) is 40.2 Å². The zero-order valence-corrected chi connectivity index (χ0v) is 27.2. The standard InChI is InChI=1S/C23H24O6.C13H16O4/c1-11(2)16-8-14-15(28-16)6-5-12-22(24)21-13-7-18(25-3)19(26-4)9-17(13)27-10-20(21)29-23(12)14;1-13(2)7-6-8-10(17-13)5-4-9(12(14)15)11(8)16-3/h5-7,9,11,16,20-21H,8,10H2,1-4H3;4-5H,6-7H2,1-3H3,(H,14,15). The van der Waals surface area contributed by atoms with Gasteiger partial charge in [-0.2, -0.15) is 0 Å². The maximum Gasteiger partial charge on any atom is 0.339 e. The third kappa shape index (κ3) is 5.43. The Morgan fingerprint density at radius 3 is 2.33 bits per heavy atom. The van der Waals surface area contributed by atoms with Crippen LogP contribution < -0.4 is 33.2 Å². The van der Waals surface area contributed by atoms with Crippen molar-refractivity contribution in [2.45, 2.75) is 70.7 Å². The molecular weight excluding hydrogens is 592 g/mol. The highest BCUT2D eigenvalue weighted by atomic mass is 16.5. The number of hydrogen-bond acceptors (Lipinski definition) is 9. The molecule has 0 fully saturated rings. The van der Waals surface area contributed by atoms with Crippen molar-refractivity contribution in [3.05, 3.63) is 64.2 Å². The Hall–Kier alpha value is -4.60. The summed E-state index contributed by atoms with van der Waals surface area (Å²) < 4.78 is 40.2. The van der Waals surface area contributed by atoms with Crippen LogP contribution in [0.15, 0.2) is 36.4 Å². The van der Waals surface area contributed by atoms with E-state index in [1.54, 1.807) is 26.4 Å². The molecule has 0 bridgehead atoms. The Labute approximate surface area is 268 Å². The summed E-state index contributed by atoms with van der Waals surface area (Å²) in [5, 5.41) is 9.08. The molecule has 10 nitrogen and oxygen atoms in total. The van der Waals surface area contributed by atoms with Gasteiger partial charge in [0.15, 0.2) is 17.3 Å². The number of rotatable bonds is 5. The van der Waals surface area contributed by atoms with E-state index in [4.69, 9.17) is 38.3 Å². The van der Waals surface area contributed by atoms with Crippen LogP contribution in [-0.2, 0) is 12.8 Å². The molecule has 3 aromatic carbocycles. The molecule has 0 radical (unpaired) electrons. The number of aromatic carboxylic acids is 1. The van der Waals surface area contributed by atoms with Crippen LogP contribution in [0.4, 0.5) is 0 Å². The van der Waals surface area contributed by atoms with E-state index < -0.39 is 11.9 Å². The molecule has 0 saturated heterocycles. The SMILES string of the molecule is COc1c(C(=O)O)ccc2c1CCC(C)(C)O2.COc1cc2c(cc1OC)C1C(=O)c3ccc4c(c3OC1CO2)CC(C(C)C)O4. The van der Waals surface area contributed by atoms with E-state index in [-0.39, 0.29) is 29.2 Å². The van der Waals surface area contributed by atoms with Crippen molar-refractivity contribution < 1.29 is 47.9 Å². The predicted molar refractivity (Wildman–Crippen MR) is 169 cm³/mol. The van der Waals surface area contributed by atoms with E-state index in [9.17, 15) is 9.59 Å². The number of carboxylic acid groups (broad SMARTS) is 1. The van der Waals surface area contributed by atoms with Crippen LogP contribution in [0.2, 0.25) is 0 Å². The number of benzene rings is 3. The predicted octanol–water partition coefficient (Wildman–Crippen LogP) is 6.28. The first-order valence-electron chi connectivity index (χ1n) is 15.5. The number of hydrogen-bond donors (Lipinski definition) is 1. The van der Waals surface area contributed by atoms with Gasteiger partial charge in [0.1, 0.15) is 58.7 Å². The van der Waals surface area contributed by atoms with Crippen molar-refractivity contribution in [2.75, 3.05) is 27.9 Å². The number of carbonyl (C=O) groups is 2. The molecule has 46 heavy (non-hydrogen) atoms. The highest BCUT2D eigenvalue weighted by Crippen LogP contribution is 2.50. The minimum atomic E-state index is -0.977. The van der Waals surface area contributed by atoms with Crippen LogP contribution in [-0.4, -0.2) is 62.6 Å². The van der Waals surface area contributed by atoms with Crippen molar-refractivity contribution in [1.29, 1.82) is 0 Å². The van der Waals surface area contributed by atoms with Gasteiger partial charge in [0.2, 0.25) is 0 Å². The molecule has 7 rings (SSSR count). The number of ether oxygens (including phenoxy) is 7. The molecule has 0 spiro atoms. The van der Waals surface area contributed by atoms with Gasteiger partial charge in [-0.3, -0.25) is 4.79 Å². The maximum absolute atomic E-state index is 13.5. The van der Waals surface area contributed by atoms with Gasteiger partial charge < -0.3 is 38.3 Å². The number of carboxylic acids is 1. The first-order valence-corrected chi connectivity index (χ1v) is 15.5. The molecular formula is C36H40O10. The second kappa shape index (κ2) is 12.0. The lowest BCUT2D eigenvalue weighted by Crippen LogP contribution is -2.43. The highest BCUT2D eigenvalue weighted by molar-refractivity contribution is 6.06. The van der Waals surface area contributed by atoms with E-state index in [1.165, 1.54) is 13.2 Å². The lowest BCUT2D eigenvalue weighted by atomic mass is 9.81. The number of ketones is 1. The topological polar surface area (TPSA) is 119 Å². The first kappa shape index (κ1) is 31.4. The van der Waals surface area contributed by atoms with Crippen molar-refractivity contribution in [2.24, 2.45) is 5.92 Å². The van der Waals surface area contributed by atoms with Crippen LogP contribution in [0.3, 0.4) is 0 Å². The van der Waals surface area contributed by atoms with Gasteiger partial charge >= 0.3 is 5.97 Å². The van der Waals surface area contributed by atoms with E-state index >= 15 is 0 Å². The zero-order valence-electron chi connectivity index (χ0n) is 27.2. The Bertz CT molecular complexity index is 1690. The van der Waals surface area contributed by atoms with Crippen LogP contribution in [0.25, 0.3) is 0 Å². The fourth-order valence-corrected chi connectivity index (χ4v) is 6.58. The summed E-state index contributed by atoms with van der Waals surface area (Å²) >= 11 is 0. The summed E-state index contributed by atoms with van der Waals surface area (Å²) in [6.45, 7) is 8.62. The van der Waals surface area contributed by atoms with Crippen molar-refractivity contribution in [1.82, 2.24) is 0 Å². The van der Waals surface area contributed by atoms with Gasteiger partial charge in [-0.05, 0) is 62.9 Å². The van der Waals surface area contributed by atoms with E-state index in [0.717, 1.165) is 47.5 Å². The van der Waals surface area contributed by atoms with E-state index in [0.29, 0.717) is 46.8 Å².